The third-order valence-electron chi connectivity index (χ3n) is 5.42. The lowest BCUT2D eigenvalue weighted by Crippen LogP contribution is -2.59. The topological polar surface area (TPSA) is 95.7 Å². The van der Waals surface area contributed by atoms with Crippen molar-refractivity contribution in [3.63, 3.8) is 0 Å². The van der Waals surface area contributed by atoms with Gasteiger partial charge in [-0.25, -0.2) is 10.4 Å². The van der Waals surface area contributed by atoms with E-state index in [0.29, 0.717) is 18.6 Å². The van der Waals surface area contributed by atoms with Crippen molar-refractivity contribution >= 4 is 17.3 Å². The second kappa shape index (κ2) is 5.27. The molecule has 5 rings (SSSR count). The fraction of sp³-hybridized carbons (Fsp3) is 0.438. The molecule has 2 fully saturated rings. The average molecular weight is 369 g/mol. The van der Waals surface area contributed by atoms with Gasteiger partial charge in [-0.05, 0) is 30.9 Å². The number of hydrazine groups is 1. The number of carbonyl (C=O) groups excluding carboxylic acids is 1. The number of nitro groups is 1. The molecule has 1 aromatic rings. The van der Waals surface area contributed by atoms with Gasteiger partial charge in [-0.2, -0.15) is 13.2 Å². The third-order valence-corrected chi connectivity index (χ3v) is 5.42. The summed E-state index contributed by atoms with van der Waals surface area (Å²) in [5.74, 6) is -1.27. The zero-order valence-corrected chi connectivity index (χ0v) is 13.2. The number of benzene rings is 1. The number of fused-ring (bicyclic) bond motifs is 1. The molecular formula is C16H14F3N3O4. The molecule has 1 saturated carbocycles. The van der Waals surface area contributed by atoms with E-state index in [1.54, 1.807) is 6.08 Å². The Kier molecular flexibility index (Phi) is 3.44. The van der Waals surface area contributed by atoms with Gasteiger partial charge in [-0.15, -0.1) is 0 Å². The minimum atomic E-state index is -4.95. The van der Waals surface area contributed by atoms with E-state index in [-0.39, 0.29) is 11.6 Å². The monoisotopic (exact) mass is 369 g/mol. The van der Waals surface area contributed by atoms with Crippen LogP contribution in [0.15, 0.2) is 30.4 Å². The van der Waals surface area contributed by atoms with Crippen LogP contribution in [0.25, 0.3) is 0 Å². The molecular weight excluding hydrogens is 355 g/mol. The number of hydrogen-bond donors (Lipinski definition) is 2. The smallest absolute Gasteiger partial charge is 0.378 e. The van der Waals surface area contributed by atoms with Crippen LogP contribution in [0, 0.1) is 22.0 Å². The highest BCUT2D eigenvalue weighted by Gasteiger charge is 2.63. The van der Waals surface area contributed by atoms with Crippen LogP contribution >= 0.6 is 0 Å². The number of anilines is 1. The summed E-state index contributed by atoms with van der Waals surface area (Å²) in [4.78, 5) is 22.6. The number of nitro benzene ring substituents is 1. The van der Waals surface area contributed by atoms with Gasteiger partial charge in [0.05, 0.1) is 16.7 Å². The van der Waals surface area contributed by atoms with Crippen molar-refractivity contribution in [2.45, 2.75) is 30.7 Å². The number of halogens is 3. The number of carbonyl (C=O) groups is 1. The first-order valence-corrected chi connectivity index (χ1v) is 8.01. The van der Waals surface area contributed by atoms with Crippen LogP contribution in [0.5, 0.6) is 0 Å². The molecule has 4 aliphatic rings. The van der Waals surface area contributed by atoms with Crippen molar-refractivity contribution in [3.05, 3.63) is 46.0 Å². The Hall–Kier alpha value is -2.46. The molecule has 0 unspecified atom stereocenters. The molecule has 1 aliphatic heterocycles. The van der Waals surface area contributed by atoms with Crippen molar-refractivity contribution in [2.75, 3.05) is 5.01 Å². The Morgan fingerprint density at radius 3 is 2.58 bits per heavy atom. The molecule has 0 spiro atoms. The molecule has 7 nitrogen and oxygen atoms in total. The summed E-state index contributed by atoms with van der Waals surface area (Å²) in [6.07, 6.45) is 0.0873. The second-order valence-electron chi connectivity index (χ2n) is 6.76. The van der Waals surface area contributed by atoms with Crippen LogP contribution in [0.3, 0.4) is 0 Å². The van der Waals surface area contributed by atoms with E-state index in [2.05, 4.69) is 5.43 Å². The predicted octanol–water partition coefficient (Wildman–Crippen LogP) is 2.16. The van der Waals surface area contributed by atoms with Crippen molar-refractivity contribution in [1.82, 2.24) is 5.43 Å². The zero-order chi connectivity index (χ0) is 18.9. The fourth-order valence-electron chi connectivity index (χ4n) is 4.15. The highest BCUT2D eigenvalue weighted by molar-refractivity contribution is 6.02. The van der Waals surface area contributed by atoms with Crippen molar-refractivity contribution in [2.24, 2.45) is 11.8 Å². The van der Waals surface area contributed by atoms with Crippen LogP contribution < -0.4 is 10.4 Å². The summed E-state index contributed by atoms with van der Waals surface area (Å²) in [5, 5.41) is 22.7. The zero-order valence-electron chi connectivity index (χ0n) is 13.2. The van der Waals surface area contributed by atoms with E-state index in [4.69, 9.17) is 0 Å². The lowest BCUT2D eigenvalue weighted by molar-refractivity contribution is -0.388. The van der Waals surface area contributed by atoms with Gasteiger partial charge in [0.1, 0.15) is 5.56 Å². The second-order valence-corrected chi connectivity index (χ2v) is 6.76. The Morgan fingerprint density at radius 2 is 2.04 bits per heavy atom. The normalized spacial score (nSPS) is 32.8. The SMILES string of the molecule is O=C1N(c2ccc([N+](=O)[O-])c(C(F)(F)F)c2)N[C@@H]2[C@@H]3C=C[C@@H](CC3)[C@]12O. The number of amides is 1. The van der Waals surface area contributed by atoms with Crippen molar-refractivity contribution in [3.8, 4) is 0 Å². The van der Waals surface area contributed by atoms with Crippen LogP contribution in [0.4, 0.5) is 24.5 Å². The molecule has 1 heterocycles. The fourth-order valence-corrected chi connectivity index (χ4v) is 4.15. The largest absolute Gasteiger partial charge is 0.423 e. The molecule has 3 aliphatic carbocycles. The van der Waals surface area contributed by atoms with E-state index < -0.39 is 45.8 Å². The number of nitrogens with one attached hydrogen (secondary N) is 1. The number of rotatable bonds is 2. The van der Waals surface area contributed by atoms with Gasteiger partial charge in [0.25, 0.3) is 11.6 Å². The maximum Gasteiger partial charge on any atom is 0.423 e. The third kappa shape index (κ3) is 2.18. The summed E-state index contributed by atoms with van der Waals surface area (Å²) in [7, 11) is 0. The molecule has 4 atom stereocenters. The quantitative estimate of drug-likeness (QED) is 0.473. The highest BCUT2D eigenvalue weighted by Crippen LogP contribution is 2.48. The standard InChI is InChI=1S/C16H14F3N3O4/c17-16(18,19)11-7-10(5-6-12(11)22(25)26)21-14(23)15(24)9-3-1-8(2-4-9)13(15)20-21/h1,3,5-9,13,20,24H,2,4H2/t8-,9+,13-,15-/m1/s1. The first kappa shape index (κ1) is 17.0. The van der Waals surface area contributed by atoms with E-state index in [1.807, 2.05) is 6.08 Å². The Labute approximate surface area is 145 Å². The van der Waals surface area contributed by atoms with Crippen LogP contribution in [-0.2, 0) is 11.0 Å². The van der Waals surface area contributed by atoms with Gasteiger partial charge >= 0.3 is 6.18 Å². The molecule has 138 valence electrons. The lowest BCUT2D eigenvalue weighted by Gasteiger charge is -2.44. The lowest BCUT2D eigenvalue weighted by atomic mass is 9.63. The summed E-state index contributed by atoms with van der Waals surface area (Å²) in [5.41, 5.74) is -1.66. The van der Waals surface area contributed by atoms with Crippen molar-refractivity contribution in [1.29, 1.82) is 0 Å². The minimum absolute atomic E-state index is 0.112. The molecule has 2 bridgehead atoms. The van der Waals surface area contributed by atoms with Gasteiger partial charge in [0.2, 0.25) is 0 Å². The molecule has 1 aromatic carbocycles. The van der Waals surface area contributed by atoms with Gasteiger partial charge < -0.3 is 5.11 Å². The maximum absolute atomic E-state index is 13.2. The Balaban J connectivity index is 1.76. The van der Waals surface area contributed by atoms with E-state index in [1.165, 1.54) is 0 Å². The summed E-state index contributed by atoms with van der Waals surface area (Å²) >= 11 is 0. The number of alkyl halides is 3. The van der Waals surface area contributed by atoms with Crippen LogP contribution in [0.1, 0.15) is 18.4 Å². The number of aliphatic hydroxyl groups is 1. The average Bonchev–Trinajstić information content (AvgIpc) is 2.89. The van der Waals surface area contributed by atoms with Gasteiger partial charge in [0, 0.05) is 12.0 Å². The summed E-state index contributed by atoms with van der Waals surface area (Å²) in [6.45, 7) is 0. The molecule has 1 saturated heterocycles. The van der Waals surface area contributed by atoms with Crippen LogP contribution in [0.2, 0.25) is 0 Å². The minimum Gasteiger partial charge on any atom is -0.378 e. The number of nitrogens with zero attached hydrogens (tertiary/aromatic N) is 2. The predicted molar refractivity (Wildman–Crippen MR) is 82.8 cm³/mol. The van der Waals surface area contributed by atoms with E-state index >= 15 is 0 Å². The van der Waals surface area contributed by atoms with Gasteiger partial charge in [-0.1, -0.05) is 12.2 Å². The molecule has 1 amide bonds. The maximum atomic E-state index is 13.2. The van der Waals surface area contributed by atoms with E-state index in [9.17, 15) is 33.2 Å². The molecule has 0 radical (unpaired) electrons. The molecule has 10 heteroatoms. The molecule has 2 N–H and O–H groups in total. The Bertz CT molecular complexity index is 841. The van der Waals surface area contributed by atoms with Crippen LogP contribution in [-0.4, -0.2) is 27.6 Å². The number of hydrogen-bond acceptors (Lipinski definition) is 5. The summed E-state index contributed by atoms with van der Waals surface area (Å²) in [6, 6.07) is 1.70. The van der Waals surface area contributed by atoms with E-state index in [0.717, 1.165) is 17.5 Å². The first-order chi connectivity index (χ1) is 12.1. The molecule has 26 heavy (non-hydrogen) atoms. The Morgan fingerprint density at radius 1 is 1.31 bits per heavy atom. The van der Waals surface area contributed by atoms with Gasteiger partial charge in [0.15, 0.2) is 5.60 Å². The highest BCUT2D eigenvalue weighted by atomic mass is 19.4. The first-order valence-electron chi connectivity index (χ1n) is 8.01. The van der Waals surface area contributed by atoms with Gasteiger partial charge in [-0.3, -0.25) is 14.9 Å². The molecule has 0 aromatic heterocycles. The van der Waals surface area contributed by atoms with Crippen molar-refractivity contribution < 1.29 is 28.0 Å². The summed E-state index contributed by atoms with van der Waals surface area (Å²) < 4.78 is 39.6.